The van der Waals surface area contributed by atoms with E-state index in [0.717, 1.165) is 48.9 Å². The van der Waals surface area contributed by atoms with Crippen molar-refractivity contribution in [1.29, 1.82) is 0 Å². The van der Waals surface area contributed by atoms with Crippen molar-refractivity contribution in [3.05, 3.63) is 29.3 Å². The summed E-state index contributed by atoms with van der Waals surface area (Å²) in [6, 6.07) is 6.71. The van der Waals surface area contributed by atoms with Gasteiger partial charge in [-0.15, -0.1) is 0 Å². The SMILES string of the molecule is CCCC[N+]1(COC(=O)CCC)CCCCC1COCNc1c(C)cccc1C. The van der Waals surface area contributed by atoms with E-state index in [4.69, 9.17) is 9.47 Å². The molecule has 164 valence electrons. The number of ether oxygens (including phenoxy) is 2. The molecule has 0 aromatic heterocycles. The number of esters is 1. The monoisotopic (exact) mass is 405 g/mol. The summed E-state index contributed by atoms with van der Waals surface area (Å²) in [6.45, 7) is 12.3. The van der Waals surface area contributed by atoms with Gasteiger partial charge in [0.05, 0.1) is 13.1 Å². The highest BCUT2D eigenvalue weighted by Crippen LogP contribution is 2.28. The Hall–Kier alpha value is -1.59. The highest BCUT2D eigenvalue weighted by Gasteiger charge is 2.40. The van der Waals surface area contributed by atoms with Gasteiger partial charge in [-0.05, 0) is 50.7 Å². The van der Waals surface area contributed by atoms with E-state index in [0.29, 0.717) is 32.5 Å². The molecule has 1 aliphatic heterocycles. The third-order valence-electron chi connectivity index (χ3n) is 6.20. The van der Waals surface area contributed by atoms with Crippen molar-refractivity contribution < 1.29 is 18.8 Å². The van der Waals surface area contributed by atoms with Crippen LogP contribution in [0.1, 0.15) is 69.9 Å². The Kier molecular flexibility index (Phi) is 9.95. The van der Waals surface area contributed by atoms with E-state index in [1.807, 2.05) is 6.92 Å². The minimum atomic E-state index is -0.0663. The molecule has 0 spiro atoms. The summed E-state index contributed by atoms with van der Waals surface area (Å²) in [5, 5.41) is 3.44. The molecular weight excluding hydrogens is 364 g/mol. The predicted octanol–water partition coefficient (Wildman–Crippen LogP) is 5.16. The molecule has 1 saturated heterocycles. The summed E-state index contributed by atoms with van der Waals surface area (Å²) in [4.78, 5) is 12.0. The van der Waals surface area contributed by atoms with E-state index in [2.05, 4.69) is 44.3 Å². The molecule has 1 heterocycles. The molecule has 1 aromatic carbocycles. The van der Waals surface area contributed by atoms with Crippen LogP contribution in [0.15, 0.2) is 18.2 Å². The summed E-state index contributed by atoms with van der Waals surface area (Å²) in [6.07, 6.45) is 7.23. The second-order valence-electron chi connectivity index (χ2n) is 8.52. The Bertz CT molecular complexity index is 614. The number of nitrogens with one attached hydrogen (secondary N) is 1. The smallest absolute Gasteiger partial charge is 0.310 e. The number of nitrogens with zero attached hydrogens (tertiary/aromatic N) is 1. The molecule has 0 saturated carbocycles. The van der Waals surface area contributed by atoms with Gasteiger partial charge in [0.15, 0.2) is 0 Å². The maximum Gasteiger partial charge on any atom is 0.310 e. The quantitative estimate of drug-likeness (QED) is 0.226. The molecule has 2 atom stereocenters. The van der Waals surface area contributed by atoms with Gasteiger partial charge in [-0.3, -0.25) is 9.28 Å². The number of rotatable bonds is 12. The number of piperidine rings is 1. The summed E-state index contributed by atoms with van der Waals surface area (Å²) in [7, 11) is 0. The number of likely N-dealkylation sites (tertiary alicyclic amines) is 1. The molecule has 0 aliphatic carbocycles. The van der Waals surface area contributed by atoms with Gasteiger partial charge in [-0.2, -0.15) is 0 Å². The lowest BCUT2D eigenvalue weighted by atomic mass is 9.98. The summed E-state index contributed by atoms with van der Waals surface area (Å²) in [5.41, 5.74) is 3.64. The van der Waals surface area contributed by atoms with Crippen molar-refractivity contribution in [2.75, 3.05) is 38.5 Å². The van der Waals surface area contributed by atoms with Crippen LogP contribution >= 0.6 is 0 Å². The van der Waals surface area contributed by atoms with E-state index >= 15 is 0 Å². The second-order valence-corrected chi connectivity index (χ2v) is 8.52. The fraction of sp³-hybridized carbons (Fsp3) is 0.708. The van der Waals surface area contributed by atoms with Crippen molar-refractivity contribution in [2.24, 2.45) is 0 Å². The zero-order valence-electron chi connectivity index (χ0n) is 19.0. The van der Waals surface area contributed by atoms with Crippen molar-refractivity contribution in [1.82, 2.24) is 0 Å². The van der Waals surface area contributed by atoms with Crippen LogP contribution in [0.4, 0.5) is 5.69 Å². The zero-order valence-corrected chi connectivity index (χ0v) is 19.0. The number of hydrogen-bond acceptors (Lipinski definition) is 4. The van der Waals surface area contributed by atoms with Crippen molar-refractivity contribution >= 4 is 11.7 Å². The summed E-state index contributed by atoms with van der Waals surface area (Å²) in [5.74, 6) is -0.0663. The first-order valence-corrected chi connectivity index (χ1v) is 11.4. The van der Waals surface area contributed by atoms with Crippen LogP contribution in [-0.2, 0) is 14.3 Å². The average Bonchev–Trinajstić information content (AvgIpc) is 2.71. The third-order valence-corrected chi connectivity index (χ3v) is 6.20. The number of quaternary nitrogens is 1. The van der Waals surface area contributed by atoms with Crippen molar-refractivity contribution in [2.45, 2.75) is 78.7 Å². The molecule has 5 heteroatoms. The first kappa shape index (κ1) is 23.7. The standard InChI is InChI=1S/C24H41N2O3/c1-5-7-15-26(19-29-23(27)11-6-2)16-9-8-14-22(26)17-28-18-25-24-20(3)12-10-13-21(24)4/h10,12-13,22,25H,5-9,11,14-19H2,1-4H3/q+1. The molecule has 1 fully saturated rings. The molecule has 2 rings (SSSR count). The molecule has 29 heavy (non-hydrogen) atoms. The Balaban J connectivity index is 1.95. The molecule has 1 aliphatic rings. The second kappa shape index (κ2) is 12.2. The van der Waals surface area contributed by atoms with Gasteiger partial charge in [0.1, 0.15) is 19.4 Å². The first-order valence-electron chi connectivity index (χ1n) is 11.4. The van der Waals surface area contributed by atoms with Gasteiger partial charge in [0.2, 0.25) is 6.73 Å². The molecule has 0 radical (unpaired) electrons. The van der Waals surface area contributed by atoms with Crippen LogP contribution in [0.2, 0.25) is 0 Å². The largest absolute Gasteiger partial charge is 0.415 e. The van der Waals surface area contributed by atoms with E-state index < -0.39 is 0 Å². The minimum Gasteiger partial charge on any atom is -0.415 e. The molecule has 1 N–H and O–H groups in total. The van der Waals surface area contributed by atoms with Gasteiger partial charge in [0, 0.05) is 18.5 Å². The molecular formula is C24H41N2O3+. The zero-order chi connectivity index (χ0) is 21.1. The number of anilines is 1. The Morgan fingerprint density at radius 3 is 2.62 bits per heavy atom. The van der Waals surface area contributed by atoms with Gasteiger partial charge in [-0.1, -0.05) is 38.5 Å². The van der Waals surface area contributed by atoms with Crippen LogP contribution in [0.3, 0.4) is 0 Å². The average molecular weight is 406 g/mol. The van der Waals surface area contributed by atoms with E-state index in [9.17, 15) is 4.79 Å². The Labute approximate surface area is 177 Å². The number of carbonyl (C=O) groups excluding carboxylic acids is 1. The lowest BCUT2D eigenvalue weighted by molar-refractivity contribution is -0.970. The lowest BCUT2D eigenvalue weighted by Gasteiger charge is -2.46. The van der Waals surface area contributed by atoms with Crippen LogP contribution in [-0.4, -0.2) is 49.7 Å². The van der Waals surface area contributed by atoms with E-state index in [1.54, 1.807) is 0 Å². The molecule has 0 amide bonds. The third kappa shape index (κ3) is 7.00. The fourth-order valence-corrected chi connectivity index (χ4v) is 4.39. The number of aryl methyl sites for hydroxylation is 2. The molecule has 1 aromatic rings. The first-order chi connectivity index (χ1) is 14.0. The maximum atomic E-state index is 12.0. The van der Waals surface area contributed by atoms with Gasteiger partial charge in [0.25, 0.3) is 0 Å². The number of hydrogen-bond donors (Lipinski definition) is 1. The Morgan fingerprint density at radius 2 is 1.93 bits per heavy atom. The molecule has 5 nitrogen and oxygen atoms in total. The topological polar surface area (TPSA) is 47.6 Å². The maximum absolute atomic E-state index is 12.0. The fourth-order valence-electron chi connectivity index (χ4n) is 4.39. The summed E-state index contributed by atoms with van der Waals surface area (Å²) < 4.78 is 12.7. The molecule has 0 bridgehead atoms. The summed E-state index contributed by atoms with van der Waals surface area (Å²) >= 11 is 0. The number of unbranched alkanes of at least 4 members (excludes halogenated alkanes) is 1. The van der Waals surface area contributed by atoms with Gasteiger partial charge < -0.3 is 14.8 Å². The van der Waals surface area contributed by atoms with E-state index in [-0.39, 0.29) is 5.97 Å². The van der Waals surface area contributed by atoms with Crippen LogP contribution in [0, 0.1) is 13.8 Å². The van der Waals surface area contributed by atoms with Crippen LogP contribution in [0.25, 0.3) is 0 Å². The minimum absolute atomic E-state index is 0.0663. The molecule has 2 unspecified atom stereocenters. The van der Waals surface area contributed by atoms with Gasteiger partial charge >= 0.3 is 5.97 Å². The van der Waals surface area contributed by atoms with Crippen molar-refractivity contribution in [3.63, 3.8) is 0 Å². The Morgan fingerprint density at radius 1 is 1.17 bits per heavy atom. The number of para-hydroxylation sites is 1. The number of carbonyl (C=O) groups is 1. The van der Waals surface area contributed by atoms with Gasteiger partial charge in [-0.25, -0.2) is 0 Å². The van der Waals surface area contributed by atoms with E-state index in [1.165, 1.54) is 24.0 Å². The highest BCUT2D eigenvalue weighted by atomic mass is 16.5. The normalized spacial score (nSPS) is 21.7. The highest BCUT2D eigenvalue weighted by molar-refractivity contribution is 5.69. The van der Waals surface area contributed by atoms with Crippen LogP contribution < -0.4 is 5.32 Å². The lowest BCUT2D eigenvalue weighted by Crippen LogP contribution is -2.61. The van der Waals surface area contributed by atoms with Crippen molar-refractivity contribution in [3.8, 4) is 0 Å². The predicted molar refractivity (Wildman–Crippen MR) is 119 cm³/mol. The number of benzene rings is 1. The van der Waals surface area contributed by atoms with Crippen LogP contribution in [0.5, 0.6) is 0 Å².